The number of para-hydroxylation sites is 2. The number of anilines is 1. The fourth-order valence-electron chi connectivity index (χ4n) is 2.91. The summed E-state index contributed by atoms with van der Waals surface area (Å²) in [5.41, 5.74) is 0.710. The topological polar surface area (TPSA) is 104 Å². The van der Waals surface area contributed by atoms with Crippen molar-refractivity contribution < 1.29 is 13.9 Å². The van der Waals surface area contributed by atoms with Crippen LogP contribution in [0.4, 0.5) is 5.69 Å². The van der Waals surface area contributed by atoms with Gasteiger partial charge in [-0.3, -0.25) is 14.3 Å². The van der Waals surface area contributed by atoms with Crippen molar-refractivity contribution in [2.45, 2.75) is 26.5 Å². The van der Waals surface area contributed by atoms with Gasteiger partial charge in [0, 0.05) is 12.6 Å². The number of nitrogens with zero attached hydrogens (tertiary/aromatic N) is 4. The van der Waals surface area contributed by atoms with Crippen molar-refractivity contribution in [3.63, 3.8) is 0 Å². The van der Waals surface area contributed by atoms with Gasteiger partial charge < -0.3 is 14.5 Å². The molecule has 4 rings (SSSR count). The maximum absolute atomic E-state index is 12.5. The fraction of sp³-hybridized carbons (Fsp3) is 0.200. The average Bonchev–Trinajstić information content (AvgIpc) is 3.38. The molecule has 9 nitrogen and oxygen atoms in total. The fourth-order valence-corrected chi connectivity index (χ4v) is 2.91. The zero-order valence-corrected chi connectivity index (χ0v) is 15.7. The predicted molar refractivity (Wildman–Crippen MR) is 105 cm³/mol. The van der Waals surface area contributed by atoms with E-state index >= 15 is 0 Å². The minimum atomic E-state index is -0.384. The summed E-state index contributed by atoms with van der Waals surface area (Å²) < 4.78 is 14.1. The monoisotopic (exact) mass is 393 g/mol. The molecule has 29 heavy (non-hydrogen) atoms. The van der Waals surface area contributed by atoms with Gasteiger partial charge in [0.2, 0.25) is 0 Å². The Morgan fingerprint density at radius 3 is 2.90 bits per heavy atom. The van der Waals surface area contributed by atoms with Gasteiger partial charge in [0.15, 0.2) is 5.76 Å². The highest BCUT2D eigenvalue weighted by Gasteiger charge is 2.13. The molecule has 0 spiro atoms. The maximum Gasteiger partial charge on any atom is 0.291 e. The molecule has 0 aliphatic rings. The van der Waals surface area contributed by atoms with Crippen LogP contribution in [0.25, 0.3) is 5.78 Å². The van der Waals surface area contributed by atoms with Gasteiger partial charge in [0.1, 0.15) is 18.7 Å². The minimum Gasteiger partial charge on any atom is -0.485 e. The van der Waals surface area contributed by atoms with Crippen molar-refractivity contribution in [2.75, 3.05) is 5.32 Å². The second-order valence-corrected chi connectivity index (χ2v) is 6.32. The van der Waals surface area contributed by atoms with E-state index in [9.17, 15) is 9.59 Å². The molecule has 0 aliphatic heterocycles. The summed E-state index contributed by atoms with van der Waals surface area (Å²) in [6, 6.07) is 11.6. The van der Waals surface area contributed by atoms with Crippen LogP contribution >= 0.6 is 0 Å². The van der Waals surface area contributed by atoms with E-state index < -0.39 is 0 Å². The molecule has 0 bridgehead atoms. The van der Waals surface area contributed by atoms with Crippen LogP contribution in [0.3, 0.4) is 0 Å². The van der Waals surface area contributed by atoms with E-state index in [0.717, 1.165) is 6.42 Å². The summed E-state index contributed by atoms with van der Waals surface area (Å²) in [6.07, 6.45) is 3.90. The first-order valence-electron chi connectivity index (χ1n) is 9.16. The Balaban J connectivity index is 1.52. The molecule has 1 N–H and O–H groups in total. The van der Waals surface area contributed by atoms with Crippen molar-refractivity contribution in [3.05, 3.63) is 76.9 Å². The summed E-state index contributed by atoms with van der Waals surface area (Å²) >= 11 is 0. The number of nitrogens with one attached hydrogen (secondary N) is 1. The van der Waals surface area contributed by atoms with Crippen LogP contribution in [-0.2, 0) is 13.2 Å². The van der Waals surface area contributed by atoms with Gasteiger partial charge in [-0.15, -0.1) is 0 Å². The lowest BCUT2D eigenvalue weighted by Crippen LogP contribution is -2.22. The molecule has 0 saturated carbocycles. The Hall–Kier alpha value is -3.88. The normalized spacial score (nSPS) is 10.9. The number of hydrogen-bond acceptors (Lipinski definition) is 6. The van der Waals surface area contributed by atoms with Gasteiger partial charge in [-0.2, -0.15) is 9.50 Å². The first-order chi connectivity index (χ1) is 14.2. The standard InChI is InChI=1S/C20H19N5O4/c1-2-9-24-13-21-20-22-14(11-18(26)25(20)24)12-29-16-7-4-3-6-15(16)23-19(27)17-8-5-10-28-17/h3-8,10-11,13H,2,9,12H2,1H3,(H,23,27). The van der Waals surface area contributed by atoms with E-state index in [0.29, 0.717) is 29.5 Å². The van der Waals surface area contributed by atoms with Crippen molar-refractivity contribution in [3.8, 4) is 5.75 Å². The zero-order chi connectivity index (χ0) is 20.2. The maximum atomic E-state index is 12.5. The number of carbonyl (C=O) groups excluding carboxylic acids is 1. The lowest BCUT2D eigenvalue weighted by Gasteiger charge is -2.11. The summed E-state index contributed by atoms with van der Waals surface area (Å²) in [5.74, 6) is 0.586. The third-order valence-electron chi connectivity index (χ3n) is 4.20. The summed E-state index contributed by atoms with van der Waals surface area (Å²) in [7, 11) is 0. The van der Waals surface area contributed by atoms with Crippen molar-refractivity contribution in [1.29, 1.82) is 0 Å². The van der Waals surface area contributed by atoms with E-state index in [1.807, 2.05) is 6.92 Å². The number of furan rings is 1. The van der Waals surface area contributed by atoms with Gasteiger partial charge in [-0.05, 0) is 30.7 Å². The van der Waals surface area contributed by atoms with Crippen molar-refractivity contribution in [2.24, 2.45) is 0 Å². The Morgan fingerprint density at radius 1 is 1.24 bits per heavy atom. The summed E-state index contributed by atoms with van der Waals surface area (Å²) in [5, 5.41) is 2.75. The minimum absolute atomic E-state index is 0.0556. The van der Waals surface area contributed by atoms with E-state index in [2.05, 4.69) is 15.3 Å². The lowest BCUT2D eigenvalue weighted by atomic mass is 10.3. The Kier molecular flexibility index (Phi) is 5.10. The van der Waals surface area contributed by atoms with Gasteiger partial charge in [0.25, 0.3) is 17.2 Å². The second-order valence-electron chi connectivity index (χ2n) is 6.32. The lowest BCUT2D eigenvalue weighted by molar-refractivity contribution is 0.0996. The molecule has 3 aromatic heterocycles. The van der Waals surface area contributed by atoms with Gasteiger partial charge in [0.05, 0.1) is 17.6 Å². The van der Waals surface area contributed by atoms with Gasteiger partial charge >= 0.3 is 0 Å². The number of aromatic nitrogens is 4. The third-order valence-corrected chi connectivity index (χ3v) is 4.20. The molecule has 148 valence electrons. The number of rotatable bonds is 7. The number of aryl methyl sites for hydroxylation is 1. The van der Waals surface area contributed by atoms with Crippen molar-refractivity contribution in [1.82, 2.24) is 19.2 Å². The Labute approximate surface area is 165 Å². The highest BCUT2D eigenvalue weighted by Crippen LogP contribution is 2.25. The smallest absolute Gasteiger partial charge is 0.291 e. The number of amides is 1. The van der Waals surface area contributed by atoms with Crippen LogP contribution < -0.4 is 15.6 Å². The molecule has 0 fully saturated rings. The van der Waals surface area contributed by atoms with Crippen LogP contribution in [0.15, 0.2) is 64.3 Å². The first kappa shape index (κ1) is 18.5. The summed E-state index contributed by atoms with van der Waals surface area (Å²) in [4.78, 5) is 33.3. The highest BCUT2D eigenvalue weighted by atomic mass is 16.5. The third kappa shape index (κ3) is 3.88. The molecule has 0 atom stereocenters. The molecule has 3 heterocycles. The van der Waals surface area contributed by atoms with Crippen LogP contribution in [0, 0.1) is 0 Å². The number of benzene rings is 1. The van der Waals surface area contributed by atoms with Crippen LogP contribution in [0.5, 0.6) is 5.75 Å². The molecule has 4 aromatic rings. The molecular weight excluding hydrogens is 374 g/mol. The van der Waals surface area contributed by atoms with Crippen molar-refractivity contribution >= 4 is 17.4 Å². The molecule has 0 radical (unpaired) electrons. The van der Waals surface area contributed by atoms with E-state index in [-0.39, 0.29) is 23.8 Å². The number of ether oxygens (including phenoxy) is 1. The Bertz CT molecular complexity index is 1190. The number of hydrogen-bond donors (Lipinski definition) is 1. The van der Waals surface area contributed by atoms with E-state index in [4.69, 9.17) is 9.15 Å². The average molecular weight is 393 g/mol. The van der Waals surface area contributed by atoms with E-state index in [1.54, 1.807) is 47.4 Å². The van der Waals surface area contributed by atoms with Crippen LogP contribution in [0.1, 0.15) is 29.6 Å². The highest BCUT2D eigenvalue weighted by molar-refractivity contribution is 6.03. The second kappa shape index (κ2) is 8.01. The van der Waals surface area contributed by atoms with E-state index in [1.165, 1.54) is 16.8 Å². The SMILES string of the molecule is CCCn1cnc2nc(COc3ccccc3NC(=O)c3ccco3)cc(=O)n21. The molecule has 1 amide bonds. The largest absolute Gasteiger partial charge is 0.485 e. The first-order valence-corrected chi connectivity index (χ1v) is 9.16. The molecule has 0 aliphatic carbocycles. The van der Waals surface area contributed by atoms with Crippen LogP contribution in [0.2, 0.25) is 0 Å². The zero-order valence-electron chi connectivity index (χ0n) is 15.7. The number of carbonyl (C=O) groups is 1. The summed E-state index contributed by atoms with van der Waals surface area (Å²) in [6.45, 7) is 2.76. The van der Waals surface area contributed by atoms with Gasteiger partial charge in [-0.1, -0.05) is 19.1 Å². The molecule has 0 unspecified atom stereocenters. The van der Waals surface area contributed by atoms with Crippen LogP contribution in [-0.4, -0.2) is 25.1 Å². The predicted octanol–water partition coefficient (Wildman–Crippen LogP) is 2.73. The molecule has 9 heteroatoms. The van der Waals surface area contributed by atoms with Gasteiger partial charge in [-0.25, -0.2) is 4.98 Å². The Morgan fingerprint density at radius 2 is 2.10 bits per heavy atom. The molecular formula is C20H19N5O4. The molecule has 1 aromatic carbocycles. The quantitative estimate of drug-likeness (QED) is 0.518. The number of fused-ring (bicyclic) bond motifs is 1. The molecule has 0 saturated heterocycles.